The second-order valence-corrected chi connectivity index (χ2v) is 4.81. The van der Waals surface area contributed by atoms with Crippen LogP contribution in [0.15, 0.2) is 35.4 Å². The molecule has 0 aliphatic rings. The smallest absolute Gasteiger partial charge is 0.369 e. The lowest BCUT2D eigenvalue weighted by Gasteiger charge is -2.05. The average molecular weight is 355 g/mol. The number of aromatic amines is 1. The Labute approximate surface area is 149 Å². The van der Waals surface area contributed by atoms with Crippen molar-refractivity contribution in [1.29, 1.82) is 5.26 Å². The molecule has 1 aromatic carbocycles. The Hall–Kier alpha value is -3.67. The zero-order valence-electron chi connectivity index (χ0n) is 14.3. The molecule has 0 atom stereocenters. The first-order valence-corrected chi connectivity index (χ1v) is 7.84. The zero-order chi connectivity index (χ0) is 18.9. The Bertz CT molecular complexity index is 852. The van der Waals surface area contributed by atoms with Gasteiger partial charge in [0, 0.05) is 5.56 Å². The summed E-state index contributed by atoms with van der Waals surface area (Å²) in [5.74, 6) is -1.47. The van der Waals surface area contributed by atoms with Crippen LogP contribution in [0, 0.1) is 11.3 Å². The van der Waals surface area contributed by atoms with Crippen LogP contribution in [0.4, 0.5) is 5.82 Å². The van der Waals surface area contributed by atoms with Crippen molar-refractivity contribution < 1.29 is 19.1 Å². The molecule has 2 rings (SSSR count). The van der Waals surface area contributed by atoms with Crippen LogP contribution < -0.4 is 5.43 Å². The highest BCUT2D eigenvalue weighted by molar-refractivity contribution is 6.43. The standard InChI is InChI=1S/C17H17N5O4/c1-3-25-16(23)12(10-18)19-21-15-13(17(24)26-4-2)14(20-22-15)11-8-6-5-7-9-11/h5-9H,3-4H2,1-2H3,(H2,20,21,22)/b19-12-. The molecule has 26 heavy (non-hydrogen) atoms. The van der Waals surface area contributed by atoms with Gasteiger partial charge in [-0.25, -0.2) is 9.59 Å². The van der Waals surface area contributed by atoms with Crippen LogP contribution in [-0.2, 0) is 14.3 Å². The van der Waals surface area contributed by atoms with Crippen molar-refractivity contribution in [3.63, 3.8) is 0 Å². The van der Waals surface area contributed by atoms with E-state index < -0.39 is 17.7 Å². The van der Waals surface area contributed by atoms with Crippen LogP contribution in [0.25, 0.3) is 11.3 Å². The second kappa shape index (κ2) is 8.98. The number of rotatable bonds is 7. The summed E-state index contributed by atoms with van der Waals surface area (Å²) in [7, 11) is 0. The number of esters is 2. The topological polar surface area (TPSA) is 129 Å². The molecule has 9 nitrogen and oxygen atoms in total. The minimum Gasteiger partial charge on any atom is -0.462 e. The van der Waals surface area contributed by atoms with Gasteiger partial charge in [-0.2, -0.15) is 15.5 Å². The molecule has 0 aliphatic carbocycles. The van der Waals surface area contributed by atoms with E-state index in [-0.39, 0.29) is 24.6 Å². The minimum absolute atomic E-state index is 0.0272. The highest BCUT2D eigenvalue weighted by Crippen LogP contribution is 2.27. The van der Waals surface area contributed by atoms with Gasteiger partial charge < -0.3 is 9.47 Å². The van der Waals surface area contributed by atoms with Crippen molar-refractivity contribution in [2.24, 2.45) is 5.10 Å². The van der Waals surface area contributed by atoms with Crippen LogP contribution in [-0.4, -0.2) is 41.1 Å². The van der Waals surface area contributed by atoms with Gasteiger partial charge >= 0.3 is 11.9 Å². The molecule has 0 saturated heterocycles. The number of carbonyl (C=O) groups is 2. The molecular weight excluding hydrogens is 338 g/mol. The van der Waals surface area contributed by atoms with Crippen LogP contribution in [0.5, 0.6) is 0 Å². The van der Waals surface area contributed by atoms with Gasteiger partial charge in [-0.05, 0) is 13.8 Å². The highest BCUT2D eigenvalue weighted by Gasteiger charge is 2.23. The molecule has 1 aromatic heterocycles. The van der Waals surface area contributed by atoms with Crippen molar-refractivity contribution in [3.05, 3.63) is 35.9 Å². The fourth-order valence-corrected chi connectivity index (χ4v) is 2.06. The molecule has 0 unspecified atom stereocenters. The molecule has 0 radical (unpaired) electrons. The fraction of sp³-hybridized carbons (Fsp3) is 0.235. The molecule has 0 spiro atoms. The number of carbonyl (C=O) groups excluding carboxylic acids is 2. The summed E-state index contributed by atoms with van der Waals surface area (Å²) < 4.78 is 9.79. The number of hydrogen-bond acceptors (Lipinski definition) is 8. The Balaban J connectivity index is 2.40. The third-order valence-corrected chi connectivity index (χ3v) is 3.16. The maximum Gasteiger partial charge on any atom is 0.369 e. The second-order valence-electron chi connectivity index (χ2n) is 4.81. The summed E-state index contributed by atoms with van der Waals surface area (Å²) in [6.45, 7) is 3.57. The predicted octanol–water partition coefficient (Wildman–Crippen LogP) is 2.11. The van der Waals surface area contributed by atoms with Gasteiger partial charge in [-0.15, -0.1) is 0 Å². The Morgan fingerprint density at radius 1 is 1.23 bits per heavy atom. The minimum atomic E-state index is -0.876. The van der Waals surface area contributed by atoms with Crippen molar-refractivity contribution >= 4 is 23.5 Å². The number of H-pyrrole nitrogens is 1. The number of ether oxygens (including phenoxy) is 2. The molecule has 2 aromatic rings. The number of hydrogen-bond donors (Lipinski definition) is 2. The number of anilines is 1. The Kier molecular flexibility index (Phi) is 6.45. The molecule has 9 heteroatoms. The lowest BCUT2D eigenvalue weighted by molar-refractivity contribution is -0.134. The molecule has 1 heterocycles. The van der Waals surface area contributed by atoms with E-state index >= 15 is 0 Å². The quantitative estimate of drug-likeness (QED) is 0.442. The molecule has 2 N–H and O–H groups in total. The number of nitriles is 1. The van der Waals surface area contributed by atoms with Crippen molar-refractivity contribution in [3.8, 4) is 17.3 Å². The number of benzene rings is 1. The molecule has 134 valence electrons. The van der Waals surface area contributed by atoms with Gasteiger partial charge in [0.15, 0.2) is 5.82 Å². The highest BCUT2D eigenvalue weighted by atomic mass is 16.5. The van der Waals surface area contributed by atoms with E-state index in [4.69, 9.17) is 14.7 Å². The van der Waals surface area contributed by atoms with E-state index in [1.54, 1.807) is 32.0 Å². The van der Waals surface area contributed by atoms with E-state index in [1.807, 2.05) is 18.2 Å². The normalized spacial score (nSPS) is 10.7. The summed E-state index contributed by atoms with van der Waals surface area (Å²) in [4.78, 5) is 24.0. The molecule has 0 bridgehead atoms. The number of nitrogens with one attached hydrogen (secondary N) is 2. The largest absolute Gasteiger partial charge is 0.462 e. The predicted molar refractivity (Wildman–Crippen MR) is 93.3 cm³/mol. The zero-order valence-corrected chi connectivity index (χ0v) is 14.3. The van der Waals surface area contributed by atoms with Gasteiger partial charge in [-0.3, -0.25) is 10.5 Å². The summed E-state index contributed by atoms with van der Waals surface area (Å²) in [5.41, 5.74) is 3.21. The first-order valence-electron chi connectivity index (χ1n) is 7.84. The van der Waals surface area contributed by atoms with Crippen molar-refractivity contribution in [1.82, 2.24) is 10.2 Å². The van der Waals surface area contributed by atoms with Crippen LogP contribution >= 0.6 is 0 Å². The Morgan fingerprint density at radius 3 is 2.54 bits per heavy atom. The Morgan fingerprint density at radius 2 is 1.92 bits per heavy atom. The number of aromatic nitrogens is 2. The molecule has 0 fully saturated rings. The monoisotopic (exact) mass is 355 g/mol. The number of nitrogens with zero attached hydrogens (tertiary/aromatic N) is 3. The first-order chi connectivity index (χ1) is 12.6. The lowest BCUT2D eigenvalue weighted by Crippen LogP contribution is -2.17. The molecule has 0 amide bonds. The lowest BCUT2D eigenvalue weighted by atomic mass is 10.1. The van der Waals surface area contributed by atoms with Crippen LogP contribution in [0.2, 0.25) is 0 Å². The van der Waals surface area contributed by atoms with Crippen LogP contribution in [0.1, 0.15) is 24.2 Å². The van der Waals surface area contributed by atoms with E-state index in [0.29, 0.717) is 11.3 Å². The maximum absolute atomic E-state index is 12.3. The van der Waals surface area contributed by atoms with E-state index in [9.17, 15) is 9.59 Å². The fourth-order valence-electron chi connectivity index (χ4n) is 2.06. The van der Waals surface area contributed by atoms with Gasteiger partial charge in [-0.1, -0.05) is 30.3 Å². The van der Waals surface area contributed by atoms with Crippen molar-refractivity contribution in [2.45, 2.75) is 13.8 Å². The van der Waals surface area contributed by atoms with Gasteiger partial charge in [0.2, 0.25) is 5.71 Å². The summed E-state index contributed by atoms with van der Waals surface area (Å²) in [6.07, 6.45) is 0. The third kappa shape index (κ3) is 4.24. The SMILES string of the molecule is CCOC(=O)/C(C#N)=N\Nc1n[nH]c(-c2ccccc2)c1C(=O)OCC. The maximum atomic E-state index is 12.3. The van der Waals surface area contributed by atoms with Crippen LogP contribution in [0.3, 0.4) is 0 Å². The van der Waals surface area contributed by atoms with Gasteiger partial charge in [0.1, 0.15) is 11.6 Å². The van der Waals surface area contributed by atoms with Crippen molar-refractivity contribution in [2.75, 3.05) is 18.6 Å². The van der Waals surface area contributed by atoms with E-state index in [2.05, 4.69) is 20.7 Å². The summed E-state index contributed by atoms with van der Waals surface area (Å²) in [5, 5.41) is 19.4. The van der Waals surface area contributed by atoms with E-state index in [0.717, 1.165) is 0 Å². The third-order valence-electron chi connectivity index (χ3n) is 3.16. The van der Waals surface area contributed by atoms with E-state index in [1.165, 1.54) is 0 Å². The molecule has 0 aliphatic heterocycles. The molecular formula is C17H17N5O4. The number of hydrazone groups is 1. The summed E-state index contributed by atoms with van der Waals surface area (Å²) >= 11 is 0. The van der Waals surface area contributed by atoms with Gasteiger partial charge in [0.25, 0.3) is 0 Å². The molecule has 0 saturated carbocycles. The first kappa shape index (κ1) is 18.7. The van der Waals surface area contributed by atoms with Gasteiger partial charge in [0.05, 0.1) is 18.9 Å². The summed E-state index contributed by atoms with van der Waals surface area (Å²) in [6, 6.07) is 10.7. The average Bonchev–Trinajstić information content (AvgIpc) is 3.07.